The quantitative estimate of drug-likeness (QED) is 0.914. The molecule has 1 aromatic carbocycles. The van der Waals surface area contributed by atoms with Gasteiger partial charge in [-0.15, -0.1) is 0 Å². The lowest BCUT2D eigenvalue weighted by atomic mass is 10.1. The zero-order chi connectivity index (χ0) is 15.3. The molecule has 6 heteroatoms. The Balaban J connectivity index is 2.10. The van der Waals surface area contributed by atoms with Crippen LogP contribution < -0.4 is 4.72 Å². The summed E-state index contributed by atoms with van der Waals surface area (Å²) in [5.41, 5.74) is 2.68. The van der Waals surface area contributed by atoms with E-state index in [2.05, 4.69) is 9.71 Å². The van der Waals surface area contributed by atoms with Gasteiger partial charge in [0, 0.05) is 18.9 Å². The molecule has 0 bridgehead atoms. The van der Waals surface area contributed by atoms with E-state index in [9.17, 15) is 8.42 Å². The zero-order valence-corrected chi connectivity index (χ0v) is 12.4. The van der Waals surface area contributed by atoms with Crippen molar-refractivity contribution in [3.8, 4) is 6.07 Å². The molecule has 0 aliphatic rings. The predicted molar refractivity (Wildman–Crippen MR) is 79.6 cm³/mol. The summed E-state index contributed by atoms with van der Waals surface area (Å²) < 4.78 is 26.8. The van der Waals surface area contributed by atoms with Gasteiger partial charge in [-0.1, -0.05) is 18.2 Å². The molecule has 2 rings (SSSR count). The molecule has 108 valence electrons. The SMILES string of the molecule is Cc1cnccc1CNS(=O)(=O)Cc1ccccc1C#N. The number of nitrogens with zero attached hydrogens (tertiary/aromatic N) is 2. The normalized spacial score (nSPS) is 11.0. The average Bonchev–Trinajstić information content (AvgIpc) is 2.47. The molecular formula is C15H15N3O2S. The number of nitriles is 1. The first-order chi connectivity index (χ1) is 10.0. The van der Waals surface area contributed by atoms with Gasteiger partial charge in [-0.2, -0.15) is 5.26 Å². The smallest absolute Gasteiger partial charge is 0.216 e. The third-order valence-corrected chi connectivity index (χ3v) is 4.38. The molecule has 0 unspecified atom stereocenters. The van der Waals surface area contributed by atoms with Gasteiger partial charge in [-0.05, 0) is 35.7 Å². The number of rotatable bonds is 5. The molecule has 0 amide bonds. The van der Waals surface area contributed by atoms with Crippen LogP contribution in [0.1, 0.15) is 22.3 Å². The minimum absolute atomic E-state index is 0.207. The van der Waals surface area contributed by atoms with Crippen LogP contribution >= 0.6 is 0 Å². The Morgan fingerprint density at radius 2 is 2.00 bits per heavy atom. The van der Waals surface area contributed by atoms with E-state index in [4.69, 9.17) is 5.26 Å². The molecule has 0 aliphatic carbocycles. The maximum Gasteiger partial charge on any atom is 0.216 e. The third-order valence-electron chi connectivity index (χ3n) is 3.10. The predicted octanol–water partition coefficient (Wildman–Crippen LogP) is 1.88. The number of pyridine rings is 1. The lowest BCUT2D eigenvalue weighted by Gasteiger charge is -2.09. The highest BCUT2D eigenvalue weighted by atomic mass is 32.2. The van der Waals surface area contributed by atoms with Crippen LogP contribution in [0.3, 0.4) is 0 Å². The molecule has 0 saturated heterocycles. The molecule has 1 N–H and O–H groups in total. The average molecular weight is 301 g/mol. The number of benzene rings is 1. The van der Waals surface area contributed by atoms with Gasteiger partial charge in [-0.25, -0.2) is 13.1 Å². The molecular weight excluding hydrogens is 286 g/mol. The van der Waals surface area contributed by atoms with Crippen LogP contribution in [0.2, 0.25) is 0 Å². The zero-order valence-electron chi connectivity index (χ0n) is 11.6. The van der Waals surface area contributed by atoms with Gasteiger partial charge >= 0.3 is 0 Å². The summed E-state index contributed by atoms with van der Waals surface area (Å²) >= 11 is 0. The third kappa shape index (κ3) is 4.12. The van der Waals surface area contributed by atoms with Gasteiger partial charge in [-0.3, -0.25) is 4.98 Å². The Bertz CT molecular complexity index is 780. The van der Waals surface area contributed by atoms with E-state index in [-0.39, 0.29) is 12.3 Å². The molecule has 21 heavy (non-hydrogen) atoms. The summed E-state index contributed by atoms with van der Waals surface area (Å²) in [7, 11) is -3.50. The summed E-state index contributed by atoms with van der Waals surface area (Å²) in [6.45, 7) is 2.09. The van der Waals surface area contributed by atoms with Gasteiger partial charge < -0.3 is 0 Å². The monoisotopic (exact) mass is 301 g/mol. The van der Waals surface area contributed by atoms with Crippen LogP contribution in [0.25, 0.3) is 0 Å². The second-order valence-electron chi connectivity index (χ2n) is 4.65. The van der Waals surface area contributed by atoms with Crippen molar-refractivity contribution in [3.63, 3.8) is 0 Å². The molecule has 0 saturated carbocycles. The molecule has 0 fully saturated rings. The summed E-state index contributed by atoms with van der Waals surface area (Å²) in [5, 5.41) is 8.99. The van der Waals surface area contributed by atoms with Gasteiger partial charge in [0.05, 0.1) is 17.4 Å². The summed E-state index contributed by atoms with van der Waals surface area (Å²) in [6.07, 6.45) is 3.32. The number of sulfonamides is 1. The highest BCUT2D eigenvalue weighted by Gasteiger charge is 2.14. The molecule has 0 radical (unpaired) electrons. The Morgan fingerprint density at radius 3 is 2.71 bits per heavy atom. The second-order valence-corrected chi connectivity index (χ2v) is 6.46. The van der Waals surface area contributed by atoms with Gasteiger partial charge in [0.25, 0.3) is 0 Å². The van der Waals surface area contributed by atoms with Crippen molar-refractivity contribution in [1.29, 1.82) is 5.26 Å². The summed E-state index contributed by atoms with van der Waals surface area (Å²) in [5.74, 6) is -0.207. The Morgan fingerprint density at radius 1 is 1.24 bits per heavy atom. The van der Waals surface area contributed by atoms with Crippen molar-refractivity contribution in [3.05, 3.63) is 65.0 Å². The van der Waals surface area contributed by atoms with E-state index in [1.807, 2.05) is 13.0 Å². The van der Waals surface area contributed by atoms with E-state index in [1.54, 1.807) is 42.7 Å². The highest BCUT2D eigenvalue weighted by Crippen LogP contribution is 2.12. The molecule has 0 aliphatic heterocycles. The summed E-state index contributed by atoms with van der Waals surface area (Å²) in [6, 6.07) is 10.5. The molecule has 1 heterocycles. The number of hydrogen-bond acceptors (Lipinski definition) is 4. The van der Waals surface area contributed by atoms with E-state index in [0.29, 0.717) is 11.1 Å². The van der Waals surface area contributed by atoms with Crippen molar-refractivity contribution >= 4 is 10.0 Å². The fourth-order valence-electron chi connectivity index (χ4n) is 1.90. The van der Waals surface area contributed by atoms with E-state index >= 15 is 0 Å². The van der Waals surface area contributed by atoms with E-state index in [0.717, 1.165) is 11.1 Å². The van der Waals surface area contributed by atoms with Gasteiger partial charge in [0.15, 0.2) is 0 Å². The fraction of sp³-hybridized carbons (Fsp3) is 0.200. The second kappa shape index (κ2) is 6.48. The molecule has 5 nitrogen and oxygen atoms in total. The van der Waals surface area contributed by atoms with Crippen LogP contribution in [0.4, 0.5) is 0 Å². The molecule has 0 spiro atoms. The molecule has 0 atom stereocenters. The van der Waals surface area contributed by atoms with Crippen LogP contribution in [-0.2, 0) is 22.3 Å². The van der Waals surface area contributed by atoms with Gasteiger partial charge in [0.1, 0.15) is 0 Å². The maximum absolute atomic E-state index is 12.1. The first-order valence-electron chi connectivity index (χ1n) is 6.36. The first-order valence-corrected chi connectivity index (χ1v) is 8.02. The number of hydrogen-bond donors (Lipinski definition) is 1. The minimum Gasteiger partial charge on any atom is -0.264 e. The van der Waals surface area contributed by atoms with Crippen LogP contribution in [0.15, 0.2) is 42.7 Å². The van der Waals surface area contributed by atoms with Crippen molar-refractivity contribution in [2.45, 2.75) is 19.2 Å². The maximum atomic E-state index is 12.1. The largest absolute Gasteiger partial charge is 0.264 e. The number of nitrogens with one attached hydrogen (secondary N) is 1. The topological polar surface area (TPSA) is 82.8 Å². The Kier molecular flexibility index (Phi) is 4.68. The first kappa shape index (κ1) is 15.2. The van der Waals surface area contributed by atoms with Crippen LogP contribution in [0.5, 0.6) is 0 Å². The highest BCUT2D eigenvalue weighted by molar-refractivity contribution is 7.88. The lowest BCUT2D eigenvalue weighted by molar-refractivity contribution is 0.580. The minimum atomic E-state index is -3.50. The van der Waals surface area contributed by atoms with E-state index in [1.165, 1.54) is 0 Å². The Labute approximate surface area is 124 Å². The molecule has 2 aromatic rings. The van der Waals surface area contributed by atoms with Gasteiger partial charge in [0.2, 0.25) is 10.0 Å². The van der Waals surface area contributed by atoms with Crippen molar-refractivity contribution < 1.29 is 8.42 Å². The van der Waals surface area contributed by atoms with Crippen LogP contribution in [-0.4, -0.2) is 13.4 Å². The van der Waals surface area contributed by atoms with Crippen molar-refractivity contribution in [1.82, 2.24) is 9.71 Å². The standard InChI is InChI=1S/C15H15N3O2S/c1-12-9-17-7-6-14(12)10-18-21(19,20)11-15-5-3-2-4-13(15)8-16/h2-7,9,18H,10-11H2,1H3. The lowest BCUT2D eigenvalue weighted by Crippen LogP contribution is -2.25. The molecule has 1 aromatic heterocycles. The van der Waals surface area contributed by atoms with E-state index < -0.39 is 10.0 Å². The van der Waals surface area contributed by atoms with Crippen LogP contribution in [0, 0.1) is 18.3 Å². The van der Waals surface area contributed by atoms with Crippen molar-refractivity contribution in [2.75, 3.05) is 0 Å². The summed E-state index contributed by atoms with van der Waals surface area (Å²) in [4.78, 5) is 3.97. The number of aryl methyl sites for hydroxylation is 1. The number of aromatic nitrogens is 1. The van der Waals surface area contributed by atoms with Crippen molar-refractivity contribution in [2.24, 2.45) is 0 Å². The Hall–Kier alpha value is -2.23. The fourth-order valence-corrected chi connectivity index (χ4v) is 3.04.